The fraction of sp³-hybridized carbons (Fsp3) is 0.346. The molecule has 11 heteroatoms. The lowest BCUT2D eigenvalue weighted by molar-refractivity contribution is 0.0191. The van der Waals surface area contributed by atoms with Crippen molar-refractivity contribution in [3.8, 4) is 22.6 Å². The van der Waals surface area contributed by atoms with Crippen molar-refractivity contribution in [3.05, 3.63) is 63.8 Å². The summed E-state index contributed by atoms with van der Waals surface area (Å²) in [7, 11) is 0. The van der Waals surface area contributed by atoms with Crippen LogP contribution in [0.2, 0.25) is 10.0 Å². The fourth-order valence-corrected chi connectivity index (χ4v) is 6.24. The van der Waals surface area contributed by atoms with E-state index in [0.29, 0.717) is 44.5 Å². The van der Waals surface area contributed by atoms with Gasteiger partial charge >= 0.3 is 5.97 Å². The number of carbonyl (C=O) groups is 1. The Kier molecular flexibility index (Phi) is 5.44. The van der Waals surface area contributed by atoms with Gasteiger partial charge in [-0.25, -0.2) is 4.79 Å². The van der Waals surface area contributed by atoms with E-state index in [1.54, 1.807) is 18.2 Å². The minimum absolute atomic E-state index is 0.163. The van der Waals surface area contributed by atoms with Gasteiger partial charge < -0.3 is 14.2 Å². The van der Waals surface area contributed by atoms with Crippen LogP contribution in [0.25, 0.3) is 22.6 Å². The minimum atomic E-state index is -0.414. The molecule has 7 rings (SSSR count). The molecule has 0 spiro atoms. The van der Waals surface area contributed by atoms with Crippen LogP contribution < -0.4 is 4.90 Å². The summed E-state index contributed by atoms with van der Waals surface area (Å²) < 4.78 is 11.8. The largest absolute Gasteiger partial charge is 0.458 e. The van der Waals surface area contributed by atoms with Gasteiger partial charge in [0, 0.05) is 47.7 Å². The Labute approximate surface area is 222 Å². The van der Waals surface area contributed by atoms with Crippen LogP contribution in [-0.4, -0.2) is 50.4 Å². The average molecular weight is 537 g/mol. The Hall–Kier alpha value is -3.43. The van der Waals surface area contributed by atoms with Crippen molar-refractivity contribution in [2.75, 3.05) is 11.4 Å². The molecule has 2 bridgehead atoms. The maximum absolute atomic E-state index is 13.6. The number of nitrogens with one attached hydrogen (secondary N) is 1. The van der Waals surface area contributed by atoms with Gasteiger partial charge in [0.05, 0.1) is 10.0 Å². The summed E-state index contributed by atoms with van der Waals surface area (Å²) in [6, 6.07) is 13.7. The van der Waals surface area contributed by atoms with Crippen LogP contribution in [0.3, 0.4) is 0 Å². The van der Waals surface area contributed by atoms with Crippen molar-refractivity contribution in [2.45, 2.75) is 43.7 Å². The number of hydrogen-bond donors (Lipinski definition) is 1. The first-order chi connectivity index (χ1) is 18.1. The monoisotopic (exact) mass is 536 g/mol. The molecule has 0 radical (unpaired) electrons. The van der Waals surface area contributed by atoms with Gasteiger partial charge in [-0.1, -0.05) is 34.4 Å². The molecular formula is C26H22Cl2N6O3. The van der Waals surface area contributed by atoms with Crippen LogP contribution in [0.1, 0.15) is 47.7 Å². The number of halogens is 2. The SMILES string of the molecule is O=C(OC1CC2CC1CN2c1ccc(-c2nn[nH]n2)cc1)c1c(-c2c(Cl)cccc2Cl)noc1C1CC1. The molecule has 3 fully saturated rings. The second kappa shape index (κ2) is 8.85. The van der Waals surface area contributed by atoms with Crippen LogP contribution in [0, 0.1) is 5.92 Å². The standard InChI is InChI=1S/C26H22Cl2N6O3/c27-18-2-1-3-19(28)21(18)23-22(24(37-31-23)13-4-5-13)26(35)36-20-11-17-10-15(20)12-34(17)16-8-6-14(7-9-16)25-29-32-33-30-25/h1-3,6-9,13,15,17,20H,4-5,10-12H2,(H,29,30,32,33). The van der Waals surface area contributed by atoms with E-state index in [1.165, 1.54) is 0 Å². The molecule has 37 heavy (non-hydrogen) atoms. The normalized spacial score (nSPS) is 22.5. The number of esters is 1. The summed E-state index contributed by atoms with van der Waals surface area (Å²) in [5, 5.41) is 19.2. The van der Waals surface area contributed by atoms with E-state index in [2.05, 4.69) is 42.8 Å². The van der Waals surface area contributed by atoms with Gasteiger partial charge in [-0.3, -0.25) is 0 Å². The number of carbonyl (C=O) groups excluding carboxylic acids is 1. The molecule has 9 nitrogen and oxygen atoms in total. The van der Waals surface area contributed by atoms with Gasteiger partial charge in [-0.2, -0.15) is 5.21 Å². The van der Waals surface area contributed by atoms with E-state index >= 15 is 0 Å². The van der Waals surface area contributed by atoms with Crippen molar-refractivity contribution in [1.29, 1.82) is 0 Å². The summed E-state index contributed by atoms with van der Waals surface area (Å²) in [6.45, 7) is 0.826. The number of rotatable bonds is 6. The van der Waals surface area contributed by atoms with E-state index in [4.69, 9.17) is 32.5 Å². The van der Waals surface area contributed by atoms with Gasteiger partial charge in [0.25, 0.3) is 0 Å². The molecule has 1 saturated heterocycles. The molecule has 3 atom stereocenters. The first-order valence-electron chi connectivity index (χ1n) is 12.3. The van der Waals surface area contributed by atoms with E-state index in [-0.39, 0.29) is 17.9 Å². The second-order valence-electron chi connectivity index (χ2n) is 9.91. The van der Waals surface area contributed by atoms with Crippen molar-refractivity contribution in [3.63, 3.8) is 0 Å². The number of benzene rings is 2. The van der Waals surface area contributed by atoms with Crippen LogP contribution in [0.4, 0.5) is 5.69 Å². The summed E-state index contributed by atoms with van der Waals surface area (Å²) in [4.78, 5) is 16.0. The van der Waals surface area contributed by atoms with Crippen LogP contribution >= 0.6 is 23.2 Å². The summed E-state index contributed by atoms with van der Waals surface area (Å²) in [5.74, 6) is 1.15. The van der Waals surface area contributed by atoms with E-state index in [1.807, 2.05) is 12.1 Å². The number of fused-ring (bicyclic) bond motifs is 2. The number of hydrogen-bond acceptors (Lipinski definition) is 8. The van der Waals surface area contributed by atoms with Crippen LogP contribution in [0.15, 0.2) is 47.0 Å². The van der Waals surface area contributed by atoms with E-state index in [9.17, 15) is 4.79 Å². The van der Waals surface area contributed by atoms with Gasteiger partial charge in [-0.05, 0) is 60.9 Å². The zero-order valence-corrected chi connectivity index (χ0v) is 21.1. The summed E-state index contributed by atoms with van der Waals surface area (Å²) in [5.41, 5.74) is 3.25. The lowest BCUT2D eigenvalue weighted by Gasteiger charge is -2.33. The quantitative estimate of drug-likeness (QED) is 0.320. The smallest absolute Gasteiger partial charge is 0.344 e. The highest BCUT2D eigenvalue weighted by Crippen LogP contribution is 2.47. The Bertz CT molecular complexity index is 1450. The highest BCUT2D eigenvalue weighted by atomic mass is 35.5. The molecule has 3 unspecified atom stereocenters. The van der Waals surface area contributed by atoms with Gasteiger partial charge in [-0.15, -0.1) is 10.2 Å². The molecule has 2 saturated carbocycles. The molecular weight excluding hydrogens is 515 g/mol. The first-order valence-corrected chi connectivity index (χ1v) is 13.1. The third-order valence-corrected chi connectivity index (χ3v) is 8.24. The predicted molar refractivity (Wildman–Crippen MR) is 137 cm³/mol. The molecule has 188 valence electrons. The van der Waals surface area contributed by atoms with Crippen LogP contribution in [0.5, 0.6) is 0 Å². The van der Waals surface area contributed by atoms with Gasteiger partial charge in [0.1, 0.15) is 17.4 Å². The Morgan fingerprint density at radius 1 is 1.08 bits per heavy atom. The zero-order chi connectivity index (χ0) is 25.1. The molecule has 2 aromatic carbocycles. The molecule has 0 amide bonds. The topological polar surface area (TPSA) is 110 Å². The maximum atomic E-state index is 13.6. The number of aromatic amines is 1. The van der Waals surface area contributed by atoms with Crippen molar-refractivity contribution in [2.24, 2.45) is 5.92 Å². The van der Waals surface area contributed by atoms with Gasteiger partial charge in [0.2, 0.25) is 5.82 Å². The number of anilines is 1. The molecule has 2 aromatic heterocycles. The van der Waals surface area contributed by atoms with Crippen molar-refractivity contribution in [1.82, 2.24) is 25.8 Å². The number of ether oxygens (including phenoxy) is 1. The second-order valence-corrected chi connectivity index (χ2v) is 10.7. The highest BCUT2D eigenvalue weighted by Gasteiger charge is 2.47. The number of H-pyrrole nitrogens is 1. The molecule has 3 heterocycles. The molecule has 4 aromatic rings. The average Bonchev–Trinajstić information content (AvgIpc) is 3.29. The molecule has 1 N–H and O–H groups in total. The number of nitrogens with zero attached hydrogens (tertiary/aromatic N) is 5. The van der Waals surface area contributed by atoms with E-state index < -0.39 is 5.97 Å². The summed E-state index contributed by atoms with van der Waals surface area (Å²) in [6.07, 6.45) is 3.51. The Morgan fingerprint density at radius 2 is 1.86 bits per heavy atom. The minimum Gasteiger partial charge on any atom is -0.458 e. The first kappa shape index (κ1) is 22.7. The Morgan fingerprint density at radius 3 is 2.51 bits per heavy atom. The van der Waals surface area contributed by atoms with Crippen molar-refractivity contribution >= 4 is 34.9 Å². The third kappa shape index (κ3) is 3.97. The Balaban J connectivity index is 1.09. The zero-order valence-electron chi connectivity index (χ0n) is 19.6. The number of aromatic nitrogens is 5. The molecule has 1 aliphatic heterocycles. The third-order valence-electron chi connectivity index (χ3n) is 7.61. The van der Waals surface area contributed by atoms with Crippen molar-refractivity contribution < 1.29 is 14.1 Å². The van der Waals surface area contributed by atoms with Gasteiger partial charge in [0.15, 0.2) is 5.76 Å². The number of piperidine rings is 1. The van der Waals surface area contributed by atoms with E-state index in [0.717, 1.165) is 43.5 Å². The summed E-state index contributed by atoms with van der Waals surface area (Å²) >= 11 is 12.9. The number of tetrazole rings is 1. The molecule has 2 aliphatic carbocycles. The predicted octanol–water partition coefficient (Wildman–Crippen LogP) is 5.53. The lowest BCUT2D eigenvalue weighted by Crippen LogP contribution is -2.39. The maximum Gasteiger partial charge on any atom is 0.344 e. The highest BCUT2D eigenvalue weighted by molar-refractivity contribution is 6.39. The van der Waals surface area contributed by atoms with Crippen LogP contribution in [-0.2, 0) is 4.74 Å². The fourth-order valence-electron chi connectivity index (χ4n) is 5.67. The lowest BCUT2D eigenvalue weighted by atomic mass is 10.0. The molecule has 3 aliphatic rings.